The summed E-state index contributed by atoms with van der Waals surface area (Å²) in [5.41, 5.74) is 0. The molecule has 0 aliphatic heterocycles. The predicted molar refractivity (Wildman–Crippen MR) is 56.8 cm³/mol. The number of ether oxygens (including phenoxy) is 1. The van der Waals surface area contributed by atoms with Gasteiger partial charge >= 0.3 is 0 Å². The molecule has 0 aliphatic carbocycles. The zero-order valence-corrected chi connectivity index (χ0v) is 9.76. The Balaban J connectivity index is 2.38. The van der Waals surface area contributed by atoms with Gasteiger partial charge in [-0.25, -0.2) is 0 Å². The maximum atomic E-state index is 5.15. The van der Waals surface area contributed by atoms with Gasteiger partial charge in [-0.05, 0) is 11.4 Å². The van der Waals surface area contributed by atoms with Crippen LogP contribution in [0.2, 0.25) is 0 Å². The zero-order valence-electron chi connectivity index (χ0n) is 7.36. The summed E-state index contributed by atoms with van der Waals surface area (Å²) < 4.78 is 10.2. The highest BCUT2D eigenvalue weighted by molar-refractivity contribution is 9.08. The number of aromatic nitrogens is 2. The molecule has 0 radical (unpaired) electrons. The Morgan fingerprint density at radius 2 is 2.50 bits per heavy atom. The van der Waals surface area contributed by atoms with Gasteiger partial charge in [0.05, 0.1) is 12.4 Å². The van der Waals surface area contributed by atoms with Gasteiger partial charge in [0, 0.05) is 0 Å². The van der Waals surface area contributed by atoms with Crippen LogP contribution in [0.5, 0.6) is 5.75 Å². The number of halogens is 1. The number of alkyl halides is 1. The van der Waals surface area contributed by atoms with Crippen LogP contribution in [0.4, 0.5) is 0 Å². The smallest absolute Gasteiger partial charge is 0.271 e. The third-order valence-corrected chi connectivity index (χ3v) is 3.02. The maximum Gasteiger partial charge on any atom is 0.271 e. The van der Waals surface area contributed by atoms with Crippen LogP contribution >= 0.6 is 27.3 Å². The molecular formula is C8H7BrN2O2S. The maximum absolute atomic E-state index is 5.15. The molecule has 0 N–H and O–H groups in total. The van der Waals surface area contributed by atoms with E-state index in [0.717, 1.165) is 10.6 Å². The van der Waals surface area contributed by atoms with Gasteiger partial charge in [0.1, 0.15) is 10.6 Å². The molecule has 0 aromatic carbocycles. The van der Waals surface area contributed by atoms with E-state index in [9.17, 15) is 0 Å². The molecule has 2 aromatic rings. The molecule has 0 atom stereocenters. The molecule has 4 nitrogen and oxygen atoms in total. The molecule has 0 unspecified atom stereocenters. The number of rotatable bonds is 3. The van der Waals surface area contributed by atoms with E-state index in [0.29, 0.717) is 17.0 Å². The van der Waals surface area contributed by atoms with E-state index in [-0.39, 0.29) is 0 Å². The molecular weight excluding hydrogens is 268 g/mol. The van der Waals surface area contributed by atoms with Crippen molar-refractivity contribution >= 4 is 27.3 Å². The van der Waals surface area contributed by atoms with Gasteiger partial charge < -0.3 is 9.26 Å². The van der Waals surface area contributed by atoms with Gasteiger partial charge in [0.2, 0.25) is 0 Å². The van der Waals surface area contributed by atoms with Gasteiger partial charge in [0.25, 0.3) is 5.89 Å². The lowest BCUT2D eigenvalue weighted by atomic mass is 10.4. The fourth-order valence-electron chi connectivity index (χ4n) is 1.01. The average molecular weight is 275 g/mol. The summed E-state index contributed by atoms with van der Waals surface area (Å²) in [6.07, 6.45) is 0. The summed E-state index contributed by atoms with van der Waals surface area (Å²) in [4.78, 5) is 5.05. The van der Waals surface area contributed by atoms with E-state index in [1.54, 1.807) is 7.11 Å². The molecule has 2 aromatic heterocycles. The third-order valence-electron chi connectivity index (χ3n) is 1.63. The predicted octanol–water partition coefficient (Wildman–Crippen LogP) is 2.70. The van der Waals surface area contributed by atoms with Crippen molar-refractivity contribution in [3.8, 4) is 16.5 Å². The fourth-order valence-corrected chi connectivity index (χ4v) is 2.02. The third kappa shape index (κ3) is 1.67. The molecule has 2 rings (SSSR count). The van der Waals surface area contributed by atoms with Crippen molar-refractivity contribution < 1.29 is 9.26 Å². The Hall–Kier alpha value is -0.880. The molecule has 0 spiro atoms. The summed E-state index contributed by atoms with van der Waals surface area (Å²) in [6, 6.07) is 1.87. The van der Waals surface area contributed by atoms with Crippen LogP contribution in [0.15, 0.2) is 16.0 Å². The standard InChI is InChI=1S/C8H7BrN2O2S/c1-12-5-2-3-14-7(5)8-10-6(4-9)11-13-8/h2-3H,4H2,1H3. The van der Waals surface area contributed by atoms with Crippen LogP contribution in [-0.2, 0) is 5.33 Å². The molecule has 0 amide bonds. The van der Waals surface area contributed by atoms with Crippen LogP contribution in [0.25, 0.3) is 10.8 Å². The minimum absolute atomic E-state index is 0.506. The van der Waals surface area contributed by atoms with E-state index in [2.05, 4.69) is 26.1 Å². The summed E-state index contributed by atoms with van der Waals surface area (Å²) in [6.45, 7) is 0. The van der Waals surface area contributed by atoms with Gasteiger partial charge in [-0.15, -0.1) is 11.3 Å². The van der Waals surface area contributed by atoms with Gasteiger partial charge in [0.15, 0.2) is 5.82 Å². The summed E-state index contributed by atoms with van der Waals surface area (Å²) >= 11 is 4.77. The monoisotopic (exact) mass is 274 g/mol. The van der Waals surface area contributed by atoms with E-state index in [1.165, 1.54) is 11.3 Å². The number of methoxy groups -OCH3 is 1. The topological polar surface area (TPSA) is 48.2 Å². The van der Waals surface area contributed by atoms with Crippen molar-refractivity contribution in [1.29, 1.82) is 0 Å². The van der Waals surface area contributed by atoms with Crippen LogP contribution in [0.3, 0.4) is 0 Å². The van der Waals surface area contributed by atoms with Crippen molar-refractivity contribution in [2.45, 2.75) is 5.33 Å². The van der Waals surface area contributed by atoms with Crippen molar-refractivity contribution in [2.75, 3.05) is 7.11 Å². The Morgan fingerprint density at radius 3 is 3.14 bits per heavy atom. The van der Waals surface area contributed by atoms with E-state index in [1.807, 2.05) is 11.4 Å². The molecule has 0 saturated carbocycles. The van der Waals surface area contributed by atoms with Crippen molar-refractivity contribution in [3.05, 3.63) is 17.3 Å². The summed E-state index contributed by atoms with van der Waals surface area (Å²) in [5.74, 6) is 1.90. The summed E-state index contributed by atoms with van der Waals surface area (Å²) in [7, 11) is 1.62. The second-order valence-electron chi connectivity index (χ2n) is 2.47. The van der Waals surface area contributed by atoms with Crippen molar-refractivity contribution in [2.24, 2.45) is 0 Å². The van der Waals surface area contributed by atoms with Gasteiger partial charge in [-0.3, -0.25) is 0 Å². The number of hydrogen-bond acceptors (Lipinski definition) is 5. The van der Waals surface area contributed by atoms with Gasteiger partial charge in [-0.2, -0.15) is 4.98 Å². The highest BCUT2D eigenvalue weighted by atomic mass is 79.9. The number of nitrogens with zero attached hydrogens (tertiary/aromatic N) is 2. The van der Waals surface area contributed by atoms with E-state index >= 15 is 0 Å². The first kappa shape index (κ1) is 9.67. The lowest BCUT2D eigenvalue weighted by Crippen LogP contribution is -1.83. The fraction of sp³-hybridized carbons (Fsp3) is 0.250. The Bertz CT molecular complexity index is 426. The van der Waals surface area contributed by atoms with Crippen LogP contribution < -0.4 is 4.74 Å². The average Bonchev–Trinajstić information content (AvgIpc) is 2.85. The Labute approximate surface area is 93.0 Å². The summed E-state index contributed by atoms with van der Waals surface area (Å²) in [5, 5.41) is 6.29. The molecule has 74 valence electrons. The van der Waals surface area contributed by atoms with Crippen LogP contribution in [0, 0.1) is 0 Å². The quantitative estimate of drug-likeness (QED) is 0.808. The molecule has 0 bridgehead atoms. The molecule has 2 heterocycles. The normalized spacial score (nSPS) is 10.4. The first-order valence-electron chi connectivity index (χ1n) is 3.85. The zero-order chi connectivity index (χ0) is 9.97. The lowest BCUT2D eigenvalue weighted by Gasteiger charge is -1.95. The van der Waals surface area contributed by atoms with Gasteiger partial charge in [-0.1, -0.05) is 21.1 Å². The Kier molecular flexibility index (Phi) is 2.83. The van der Waals surface area contributed by atoms with E-state index < -0.39 is 0 Å². The number of hydrogen-bond donors (Lipinski definition) is 0. The second-order valence-corrected chi connectivity index (χ2v) is 3.94. The van der Waals surface area contributed by atoms with Crippen molar-refractivity contribution in [3.63, 3.8) is 0 Å². The highest BCUT2D eigenvalue weighted by Crippen LogP contribution is 2.34. The first-order chi connectivity index (χ1) is 6.85. The van der Waals surface area contributed by atoms with E-state index in [4.69, 9.17) is 9.26 Å². The molecule has 0 saturated heterocycles. The molecule has 0 fully saturated rings. The molecule has 0 aliphatic rings. The largest absolute Gasteiger partial charge is 0.495 e. The van der Waals surface area contributed by atoms with Crippen LogP contribution in [-0.4, -0.2) is 17.3 Å². The number of thiophene rings is 1. The first-order valence-corrected chi connectivity index (χ1v) is 5.85. The SMILES string of the molecule is COc1ccsc1-c1nc(CBr)no1. The highest BCUT2D eigenvalue weighted by Gasteiger charge is 2.14. The second kappa shape index (κ2) is 4.10. The minimum Gasteiger partial charge on any atom is -0.495 e. The van der Waals surface area contributed by atoms with Crippen molar-refractivity contribution in [1.82, 2.24) is 10.1 Å². The lowest BCUT2D eigenvalue weighted by molar-refractivity contribution is 0.406. The molecule has 6 heteroatoms. The Morgan fingerprint density at radius 1 is 1.64 bits per heavy atom. The minimum atomic E-state index is 0.506. The van der Waals surface area contributed by atoms with Crippen LogP contribution in [0.1, 0.15) is 5.82 Å². The molecule has 14 heavy (non-hydrogen) atoms.